The highest BCUT2D eigenvalue weighted by atomic mass is 79.9. The van der Waals surface area contributed by atoms with Crippen LogP contribution in [0.15, 0.2) is 59.1 Å². The van der Waals surface area contributed by atoms with E-state index in [-0.39, 0.29) is 0 Å². The lowest BCUT2D eigenvalue weighted by Gasteiger charge is -2.26. The van der Waals surface area contributed by atoms with Crippen LogP contribution in [0.5, 0.6) is 0 Å². The third-order valence-electron chi connectivity index (χ3n) is 4.29. The number of benzene rings is 2. The summed E-state index contributed by atoms with van der Waals surface area (Å²) in [4.78, 5) is 0. The molecule has 0 aromatic heterocycles. The molecular formula is C19H22BrN. The van der Waals surface area contributed by atoms with Gasteiger partial charge in [-0.3, -0.25) is 0 Å². The molecule has 0 spiro atoms. The summed E-state index contributed by atoms with van der Waals surface area (Å²) in [6.07, 6.45) is 3.80. The van der Waals surface area contributed by atoms with Crippen LogP contribution in [0.4, 0.5) is 0 Å². The molecule has 1 nitrogen and oxygen atoms in total. The first-order valence-corrected chi connectivity index (χ1v) is 8.63. The summed E-state index contributed by atoms with van der Waals surface area (Å²) in [6, 6.07) is 20.5. The Morgan fingerprint density at radius 1 is 1.05 bits per heavy atom. The third-order valence-corrected chi connectivity index (χ3v) is 4.79. The van der Waals surface area contributed by atoms with Crippen LogP contribution >= 0.6 is 15.9 Å². The van der Waals surface area contributed by atoms with Crippen molar-refractivity contribution >= 4 is 15.9 Å². The fourth-order valence-corrected chi connectivity index (χ4v) is 3.40. The Morgan fingerprint density at radius 3 is 2.38 bits per heavy atom. The summed E-state index contributed by atoms with van der Waals surface area (Å²) in [5, 5.41) is 3.90. The van der Waals surface area contributed by atoms with Crippen LogP contribution in [0.3, 0.4) is 0 Å². The van der Waals surface area contributed by atoms with Gasteiger partial charge in [-0.2, -0.15) is 0 Å². The molecule has 1 N–H and O–H groups in total. The first kappa shape index (κ1) is 14.8. The second kappa shape index (κ2) is 6.76. The fraction of sp³-hybridized carbons (Fsp3) is 0.368. The molecule has 21 heavy (non-hydrogen) atoms. The number of hydrogen-bond donors (Lipinski definition) is 1. The molecule has 0 saturated heterocycles. The van der Waals surface area contributed by atoms with Gasteiger partial charge in [0.05, 0.1) is 0 Å². The largest absolute Gasteiger partial charge is 0.303 e. The van der Waals surface area contributed by atoms with Gasteiger partial charge in [-0.05, 0) is 48.4 Å². The van der Waals surface area contributed by atoms with Crippen LogP contribution in [0.2, 0.25) is 0 Å². The number of rotatable bonds is 6. The molecule has 110 valence electrons. The summed E-state index contributed by atoms with van der Waals surface area (Å²) < 4.78 is 1.16. The van der Waals surface area contributed by atoms with Gasteiger partial charge in [-0.15, -0.1) is 0 Å². The van der Waals surface area contributed by atoms with Crippen molar-refractivity contribution in [3.63, 3.8) is 0 Å². The summed E-state index contributed by atoms with van der Waals surface area (Å²) in [6.45, 7) is 2.26. The fourth-order valence-electron chi connectivity index (χ4n) is 2.98. The molecular weight excluding hydrogens is 322 g/mol. The van der Waals surface area contributed by atoms with Crippen LogP contribution in [-0.2, 0) is 0 Å². The van der Waals surface area contributed by atoms with Gasteiger partial charge < -0.3 is 5.32 Å². The van der Waals surface area contributed by atoms with Gasteiger partial charge in [-0.25, -0.2) is 0 Å². The van der Waals surface area contributed by atoms with Crippen molar-refractivity contribution in [3.8, 4) is 0 Å². The van der Waals surface area contributed by atoms with Gasteiger partial charge in [0.15, 0.2) is 0 Å². The van der Waals surface area contributed by atoms with Crippen LogP contribution in [0.1, 0.15) is 49.4 Å². The summed E-state index contributed by atoms with van der Waals surface area (Å²) >= 11 is 3.58. The Bertz CT molecular complexity index is 577. The number of hydrogen-bond acceptors (Lipinski definition) is 1. The molecule has 0 aliphatic heterocycles. The van der Waals surface area contributed by atoms with E-state index >= 15 is 0 Å². The summed E-state index contributed by atoms with van der Waals surface area (Å²) in [5.74, 6) is 0.800. The monoisotopic (exact) mass is 343 g/mol. The van der Waals surface area contributed by atoms with Crippen LogP contribution < -0.4 is 5.32 Å². The predicted molar refractivity (Wildman–Crippen MR) is 92.2 cm³/mol. The average molecular weight is 344 g/mol. The molecule has 0 radical (unpaired) electrons. The molecule has 1 saturated carbocycles. The lowest BCUT2D eigenvalue weighted by molar-refractivity contribution is 0.402. The van der Waals surface area contributed by atoms with Gasteiger partial charge in [0.25, 0.3) is 0 Å². The SMILES string of the molecule is CCC(NC(c1ccccc1)C1CC1)c1cccc(Br)c1. The lowest BCUT2D eigenvalue weighted by Crippen LogP contribution is -2.27. The second-order valence-electron chi connectivity index (χ2n) is 5.91. The van der Waals surface area contributed by atoms with Crippen LogP contribution in [-0.4, -0.2) is 0 Å². The van der Waals surface area contributed by atoms with E-state index in [4.69, 9.17) is 0 Å². The van der Waals surface area contributed by atoms with Crippen molar-refractivity contribution in [1.82, 2.24) is 5.32 Å². The van der Waals surface area contributed by atoms with Crippen molar-refractivity contribution in [2.24, 2.45) is 5.92 Å². The van der Waals surface area contributed by atoms with Crippen molar-refractivity contribution < 1.29 is 0 Å². The van der Waals surface area contributed by atoms with Crippen LogP contribution in [0, 0.1) is 5.92 Å². The Kier molecular flexibility index (Phi) is 4.77. The normalized spacial score (nSPS) is 17.4. The molecule has 0 bridgehead atoms. The molecule has 0 heterocycles. The van der Waals surface area contributed by atoms with Gasteiger partial charge in [-0.1, -0.05) is 65.3 Å². The molecule has 2 unspecified atom stereocenters. The zero-order valence-electron chi connectivity index (χ0n) is 12.4. The first-order valence-electron chi connectivity index (χ1n) is 7.84. The molecule has 2 heteroatoms. The lowest BCUT2D eigenvalue weighted by atomic mass is 9.98. The Labute approximate surface area is 135 Å². The number of nitrogens with one attached hydrogen (secondary N) is 1. The minimum absolute atomic E-state index is 0.410. The highest BCUT2D eigenvalue weighted by molar-refractivity contribution is 9.10. The molecule has 0 amide bonds. The predicted octanol–water partition coefficient (Wildman–Crippen LogP) is 5.64. The van der Waals surface area contributed by atoms with E-state index in [9.17, 15) is 0 Å². The van der Waals surface area contributed by atoms with E-state index in [1.54, 1.807) is 0 Å². The van der Waals surface area contributed by atoms with E-state index in [0.29, 0.717) is 12.1 Å². The zero-order valence-corrected chi connectivity index (χ0v) is 14.0. The van der Waals surface area contributed by atoms with Crippen molar-refractivity contribution in [3.05, 3.63) is 70.2 Å². The minimum Gasteiger partial charge on any atom is -0.303 e. The maximum absolute atomic E-state index is 3.90. The summed E-state index contributed by atoms with van der Waals surface area (Å²) in [5.41, 5.74) is 2.79. The standard InChI is InChI=1S/C19H22BrN/c1-2-18(16-9-6-10-17(20)13-16)21-19(15-11-12-15)14-7-4-3-5-8-14/h3-10,13,15,18-19,21H,2,11-12H2,1H3. The van der Waals surface area contributed by atoms with E-state index in [0.717, 1.165) is 16.8 Å². The summed E-state index contributed by atoms with van der Waals surface area (Å²) in [7, 11) is 0. The first-order chi connectivity index (χ1) is 10.3. The van der Waals surface area contributed by atoms with Gasteiger partial charge in [0, 0.05) is 16.6 Å². The zero-order chi connectivity index (χ0) is 14.7. The van der Waals surface area contributed by atoms with E-state index in [1.807, 2.05) is 0 Å². The molecule has 3 rings (SSSR count). The topological polar surface area (TPSA) is 12.0 Å². The van der Waals surface area contributed by atoms with Crippen molar-refractivity contribution in [2.75, 3.05) is 0 Å². The third kappa shape index (κ3) is 3.75. The molecule has 1 aliphatic rings. The maximum atomic E-state index is 3.90. The van der Waals surface area contributed by atoms with E-state index in [1.165, 1.54) is 24.0 Å². The van der Waals surface area contributed by atoms with Gasteiger partial charge in [0.2, 0.25) is 0 Å². The Hall–Kier alpha value is -1.12. The average Bonchev–Trinajstić information content (AvgIpc) is 3.34. The smallest absolute Gasteiger partial charge is 0.0354 e. The highest BCUT2D eigenvalue weighted by Gasteiger charge is 2.33. The Morgan fingerprint density at radius 2 is 1.76 bits per heavy atom. The molecule has 1 aliphatic carbocycles. The highest BCUT2D eigenvalue weighted by Crippen LogP contribution is 2.42. The van der Waals surface area contributed by atoms with Crippen LogP contribution in [0.25, 0.3) is 0 Å². The molecule has 1 fully saturated rings. The van der Waals surface area contributed by atoms with E-state index < -0.39 is 0 Å². The quantitative estimate of drug-likeness (QED) is 0.715. The Balaban J connectivity index is 1.81. The van der Waals surface area contributed by atoms with Crippen molar-refractivity contribution in [2.45, 2.75) is 38.3 Å². The number of halogens is 1. The van der Waals surface area contributed by atoms with Gasteiger partial charge >= 0.3 is 0 Å². The molecule has 2 aromatic carbocycles. The van der Waals surface area contributed by atoms with E-state index in [2.05, 4.69) is 82.8 Å². The molecule has 2 atom stereocenters. The minimum atomic E-state index is 0.410. The van der Waals surface area contributed by atoms with Crippen molar-refractivity contribution in [1.29, 1.82) is 0 Å². The maximum Gasteiger partial charge on any atom is 0.0354 e. The molecule has 2 aromatic rings. The second-order valence-corrected chi connectivity index (χ2v) is 6.82. The van der Waals surface area contributed by atoms with Gasteiger partial charge in [0.1, 0.15) is 0 Å².